The van der Waals surface area contributed by atoms with E-state index in [4.69, 9.17) is 4.74 Å². The Morgan fingerprint density at radius 1 is 1.36 bits per heavy atom. The number of carboxylic acid groups (broad SMARTS) is 1. The van der Waals surface area contributed by atoms with Crippen LogP contribution >= 0.6 is 0 Å². The van der Waals surface area contributed by atoms with Gasteiger partial charge in [-0.25, -0.2) is 22.3 Å². The van der Waals surface area contributed by atoms with Crippen LogP contribution in [0.4, 0.5) is 4.39 Å². The molecule has 0 bridgehead atoms. The van der Waals surface area contributed by atoms with Gasteiger partial charge in [-0.3, -0.25) is 4.79 Å². The number of carbonyl (C=O) groups excluding carboxylic acids is 1. The Bertz CT molecular complexity index is 737. The summed E-state index contributed by atoms with van der Waals surface area (Å²) < 4.78 is 44.3. The number of nitrogens with zero attached hydrogens (tertiary/aromatic N) is 1. The molecule has 1 aliphatic rings. The number of carboxylic acids is 1. The second-order valence-electron chi connectivity index (χ2n) is 5.60. The first-order valence-electron chi connectivity index (χ1n) is 7.55. The van der Waals surface area contributed by atoms with Crippen LogP contribution < -0.4 is 4.72 Å². The van der Waals surface area contributed by atoms with E-state index < -0.39 is 33.8 Å². The summed E-state index contributed by atoms with van der Waals surface area (Å²) in [5.41, 5.74) is 0. The number of amides is 1. The minimum Gasteiger partial charge on any atom is -0.480 e. The second-order valence-corrected chi connectivity index (χ2v) is 7.36. The van der Waals surface area contributed by atoms with Crippen molar-refractivity contribution in [3.63, 3.8) is 0 Å². The van der Waals surface area contributed by atoms with Gasteiger partial charge in [-0.2, -0.15) is 0 Å². The fourth-order valence-electron chi connectivity index (χ4n) is 2.61. The molecule has 1 amide bonds. The van der Waals surface area contributed by atoms with Crippen LogP contribution in [-0.4, -0.2) is 62.6 Å². The molecule has 2 rings (SSSR count). The van der Waals surface area contributed by atoms with E-state index in [0.29, 0.717) is 0 Å². The molecule has 0 saturated carbocycles. The lowest BCUT2D eigenvalue weighted by molar-refractivity contribution is -0.148. The van der Waals surface area contributed by atoms with Crippen LogP contribution in [0.2, 0.25) is 0 Å². The van der Waals surface area contributed by atoms with Gasteiger partial charge in [0.2, 0.25) is 15.9 Å². The number of rotatable bonds is 7. The van der Waals surface area contributed by atoms with E-state index in [9.17, 15) is 27.5 Å². The molecule has 0 spiro atoms. The summed E-state index contributed by atoms with van der Waals surface area (Å²) >= 11 is 0. The highest BCUT2D eigenvalue weighted by molar-refractivity contribution is 7.89. The van der Waals surface area contributed by atoms with Gasteiger partial charge < -0.3 is 14.7 Å². The van der Waals surface area contributed by atoms with Crippen molar-refractivity contribution in [1.82, 2.24) is 9.62 Å². The molecule has 1 aromatic carbocycles. The molecule has 1 saturated heterocycles. The number of halogens is 1. The molecule has 25 heavy (non-hydrogen) atoms. The molecular weight excluding hydrogens is 355 g/mol. The summed E-state index contributed by atoms with van der Waals surface area (Å²) in [6.07, 6.45) is -0.361. The van der Waals surface area contributed by atoms with Crippen molar-refractivity contribution < 1.29 is 32.2 Å². The first-order chi connectivity index (χ1) is 11.7. The molecule has 8 nitrogen and oxygen atoms in total. The second kappa shape index (κ2) is 7.89. The molecule has 1 heterocycles. The highest BCUT2D eigenvalue weighted by Crippen LogP contribution is 2.21. The Kier molecular flexibility index (Phi) is 6.09. The van der Waals surface area contributed by atoms with Crippen LogP contribution in [0.3, 0.4) is 0 Å². The molecule has 0 aliphatic carbocycles. The first-order valence-corrected chi connectivity index (χ1v) is 9.03. The average molecular weight is 374 g/mol. The summed E-state index contributed by atoms with van der Waals surface area (Å²) in [5, 5.41) is 9.18. The van der Waals surface area contributed by atoms with E-state index in [0.717, 1.165) is 24.3 Å². The molecule has 138 valence electrons. The van der Waals surface area contributed by atoms with Gasteiger partial charge in [0.1, 0.15) is 11.9 Å². The van der Waals surface area contributed by atoms with Crippen molar-refractivity contribution in [3.05, 3.63) is 30.1 Å². The number of sulfonamides is 1. The minimum atomic E-state index is -3.87. The van der Waals surface area contributed by atoms with Gasteiger partial charge in [0.25, 0.3) is 0 Å². The van der Waals surface area contributed by atoms with Crippen molar-refractivity contribution in [2.24, 2.45) is 0 Å². The Labute approximate surface area is 144 Å². The van der Waals surface area contributed by atoms with Crippen LogP contribution in [0, 0.1) is 5.82 Å². The molecule has 2 atom stereocenters. The largest absolute Gasteiger partial charge is 0.480 e. The van der Waals surface area contributed by atoms with Gasteiger partial charge >= 0.3 is 5.97 Å². The predicted octanol–water partition coefficient (Wildman–Crippen LogP) is 0.195. The lowest BCUT2D eigenvalue weighted by Crippen LogP contribution is -2.42. The predicted molar refractivity (Wildman–Crippen MR) is 84.8 cm³/mol. The first kappa shape index (κ1) is 19.3. The maximum Gasteiger partial charge on any atom is 0.326 e. The Hall–Kier alpha value is -2.04. The normalized spacial score (nSPS) is 20.6. The number of methoxy groups -OCH3 is 1. The summed E-state index contributed by atoms with van der Waals surface area (Å²) in [7, 11) is -2.43. The Balaban J connectivity index is 1.93. The summed E-state index contributed by atoms with van der Waals surface area (Å²) in [6.45, 7) is -0.0456. The SMILES string of the molecule is COC1CC(C(=O)O)N(C(=O)CCNS(=O)(=O)c2ccc(F)cc2)C1. The van der Waals surface area contributed by atoms with Crippen LogP contribution in [0.1, 0.15) is 12.8 Å². The van der Waals surface area contributed by atoms with Crippen LogP contribution in [0.15, 0.2) is 29.2 Å². The van der Waals surface area contributed by atoms with E-state index in [1.807, 2.05) is 0 Å². The third kappa shape index (κ3) is 4.74. The number of nitrogens with one attached hydrogen (secondary N) is 1. The van der Waals surface area contributed by atoms with Gasteiger partial charge in [0.05, 0.1) is 11.0 Å². The zero-order valence-electron chi connectivity index (χ0n) is 13.5. The summed E-state index contributed by atoms with van der Waals surface area (Å²) in [6, 6.07) is 3.29. The lowest BCUT2D eigenvalue weighted by atomic mass is 10.2. The number of benzene rings is 1. The van der Waals surface area contributed by atoms with E-state index >= 15 is 0 Å². The fourth-order valence-corrected chi connectivity index (χ4v) is 3.64. The smallest absolute Gasteiger partial charge is 0.326 e. The quantitative estimate of drug-likeness (QED) is 0.705. The van der Waals surface area contributed by atoms with Crippen LogP contribution in [-0.2, 0) is 24.3 Å². The molecule has 1 fully saturated rings. The van der Waals surface area contributed by atoms with E-state index in [2.05, 4.69) is 4.72 Å². The van der Waals surface area contributed by atoms with E-state index in [1.54, 1.807) is 0 Å². The van der Waals surface area contributed by atoms with Crippen molar-refractivity contribution >= 4 is 21.9 Å². The molecular formula is C15H19FN2O6S. The highest BCUT2D eigenvalue weighted by Gasteiger charge is 2.39. The van der Waals surface area contributed by atoms with Crippen molar-refractivity contribution in [3.8, 4) is 0 Å². The third-order valence-electron chi connectivity index (χ3n) is 3.96. The summed E-state index contributed by atoms with van der Waals surface area (Å²) in [5.74, 6) is -2.16. The molecule has 0 radical (unpaired) electrons. The van der Waals surface area contributed by atoms with Crippen molar-refractivity contribution in [1.29, 1.82) is 0 Å². The zero-order valence-corrected chi connectivity index (χ0v) is 14.3. The Morgan fingerprint density at radius 2 is 2.00 bits per heavy atom. The van der Waals surface area contributed by atoms with Gasteiger partial charge in [0.15, 0.2) is 0 Å². The van der Waals surface area contributed by atoms with E-state index in [1.165, 1.54) is 12.0 Å². The van der Waals surface area contributed by atoms with Crippen LogP contribution in [0.25, 0.3) is 0 Å². The van der Waals surface area contributed by atoms with Gasteiger partial charge in [-0.1, -0.05) is 0 Å². The van der Waals surface area contributed by atoms with Crippen LogP contribution in [0.5, 0.6) is 0 Å². The van der Waals surface area contributed by atoms with Gasteiger partial charge in [-0.05, 0) is 24.3 Å². The zero-order chi connectivity index (χ0) is 18.6. The number of aliphatic carboxylic acids is 1. The molecule has 0 aromatic heterocycles. The topological polar surface area (TPSA) is 113 Å². The van der Waals surface area contributed by atoms with E-state index in [-0.39, 0.29) is 36.9 Å². The summed E-state index contributed by atoms with van der Waals surface area (Å²) in [4.78, 5) is 24.5. The average Bonchev–Trinajstić information content (AvgIpc) is 3.00. The molecule has 2 unspecified atom stereocenters. The molecule has 1 aliphatic heterocycles. The number of hydrogen-bond donors (Lipinski definition) is 2. The maximum absolute atomic E-state index is 12.8. The standard InChI is InChI=1S/C15H19FN2O6S/c1-24-11-8-13(15(20)21)18(9-11)14(19)6-7-17-25(22,23)12-4-2-10(16)3-5-12/h2-5,11,13,17H,6-9H2,1H3,(H,20,21). The molecule has 10 heteroatoms. The monoisotopic (exact) mass is 374 g/mol. The molecule has 1 aromatic rings. The highest BCUT2D eigenvalue weighted by atomic mass is 32.2. The number of likely N-dealkylation sites (tertiary alicyclic amines) is 1. The number of carbonyl (C=O) groups is 2. The minimum absolute atomic E-state index is 0.120. The lowest BCUT2D eigenvalue weighted by Gasteiger charge is -2.21. The number of hydrogen-bond acceptors (Lipinski definition) is 5. The number of ether oxygens (including phenoxy) is 1. The molecule has 2 N–H and O–H groups in total. The maximum atomic E-state index is 12.8. The van der Waals surface area contributed by atoms with Gasteiger partial charge in [0, 0.05) is 33.0 Å². The fraction of sp³-hybridized carbons (Fsp3) is 0.467. The Morgan fingerprint density at radius 3 is 2.56 bits per heavy atom. The third-order valence-corrected chi connectivity index (χ3v) is 5.43. The van der Waals surface area contributed by atoms with Crippen molar-refractivity contribution in [2.45, 2.75) is 29.9 Å². The van der Waals surface area contributed by atoms with Crippen molar-refractivity contribution in [2.75, 3.05) is 20.2 Å². The van der Waals surface area contributed by atoms with Gasteiger partial charge in [-0.15, -0.1) is 0 Å².